The van der Waals surface area contributed by atoms with Gasteiger partial charge in [-0.25, -0.2) is 4.98 Å². The summed E-state index contributed by atoms with van der Waals surface area (Å²) >= 11 is 0. The highest BCUT2D eigenvalue weighted by molar-refractivity contribution is 14.0. The molecule has 1 aliphatic heterocycles. The van der Waals surface area contributed by atoms with Crippen molar-refractivity contribution in [1.29, 1.82) is 0 Å². The van der Waals surface area contributed by atoms with E-state index in [4.69, 9.17) is 0 Å². The number of nitrogens with one attached hydrogen (secondary N) is 2. The third kappa shape index (κ3) is 7.28. The quantitative estimate of drug-likeness (QED) is 0.227. The van der Waals surface area contributed by atoms with Gasteiger partial charge in [0.15, 0.2) is 5.96 Å². The van der Waals surface area contributed by atoms with Crippen molar-refractivity contribution in [3.63, 3.8) is 0 Å². The summed E-state index contributed by atoms with van der Waals surface area (Å²) < 4.78 is 0. The molecule has 0 saturated carbocycles. The highest BCUT2D eigenvalue weighted by Gasteiger charge is 2.16. The summed E-state index contributed by atoms with van der Waals surface area (Å²) in [6, 6.07) is 19.0. The van der Waals surface area contributed by atoms with Gasteiger partial charge in [-0.15, -0.1) is 24.0 Å². The van der Waals surface area contributed by atoms with E-state index in [1.807, 2.05) is 31.4 Å². The lowest BCUT2D eigenvalue weighted by Gasteiger charge is -2.29. The summed E-state index contributed by atoms with van der Waals surface area (Å²) in [5.41, 5.74) is 4.67. The van der Waals surface area contributed by atoms with Crippen molar-refractivity contribution in [1.82, 2.24) is 25.1 Å². The molecule has 34 heavy (non-hydrogen) atoms. The number of halogens is 1. The summed E-state index contributed by atoms with van der Waals surface area (Å²) in [4.78, 5) is 16.8. The molecule has 7 nitrogen and oxygen atoms in total. The van der Waals surface area contributed by atoms with Crippen LogP contribution < -0.4 is 5.32 Å². The van der Waals surface area contributed by atoms with Crippen LogP contribution in [0.5, 0.6) is 0 Å². The Labute approximate surface area is 219 Å². The van der Waals surface area contributed by atoms with Gasteiger partial charge < -0.3 is 20.3 Å². The van der Waals surface area contributed by atoms with Crippen LogP contribution in [0.2, 0.25) is 0 Å². The van der Waals surface area contributed by atoms with Gasteiger partial charge in [0, 0.05) is 40.3 Å². The number of aliphatic imine (C=N–C) groups is 1. The van der Waals surface area contributed by atoms with E-state index in [1.54, 1.807) is 7.05 Å². The van der Waals surface area contributed by atoms with Crippen molar-refractivity contribution in [3.05, 3.63) is 77.7 Å². The molecule has 3 N–H and O–H groups in total. The number of benzene rings is 2. The van der Waals surface area contributed by atoms with Crippen LogP contribution in [0.1, 0.15) is 29.8 Å². The zero-order chi connectivity index (χ0) is 23.0. The first-order valence-corrected chi connectivity index (χ1v) is 11.6. The molecular formula is C26H35IN6O. The van der Waals surface area contributed by atoms with Crippen molar-refractivity contribution in [2.75, 3.05) is 27.2 Å². The van der Waals surface area contributed by atoms with Crippen molar-refractivity contribution in [2.24, 2.45) is 4.99 Å². The SMILES string of the molecule is CN=C(NCc1ccc(CN2CCC(O)CC2)cc1)N(C)Cc1ncc(-c2ccccc2)[nH]1.I. The number of nitrogens with zero attached hydrogens (tertiary/aromatic N) is 4. The van der Waals surface area contributed by atoms with E-state index < -0.39 is 0 Å². The molecule has 0 unspecified atom stereocenters. The van der Waals surface area contributed by atoms with Crippen LogP contribution in [0.3, 0.4) is 0 Å². The molecule has 2 heterocycles. The zero-order valence-corrected chi connectivity index (χ0v) is 22.3. The molecule has 0 aliphatic carbocycles. The third-order valence-corrected chi connectivity index (χ3v) is 6.11. The second-order valence-corrected chi connectivity index (χ2v) is 8.69. The van der Waals surface area contributed by atoms with Gasteiger partial charge in [0.25, 0.3) is 0 Å². The lowest BCUT2D eigenvalue weighted by atomic mass is 10.1. The summed E-state index contributed by atoms with van der Waals surface area (Å²) in [5, 5.41) is 13.1. The highest BCUT2D eigenvalue weighted by atomic mass is 127. The van der Waals surface area contributed by atoms with E-state index >= 15 is 0 Å². The fourth-order valence-corrected chi connectivity index (χ4v) is 4.17. The molecular weight excluding hydrogens is 539 g/mol. The molecule has 1 fully saturated rings. The van der Waals surface area contributed by atoms with E-state index in [0.29, 0.717) is 13.1 Å². The fourth-order valence-electron chi connectivity index (χ4n) is 4.17. The molecule has 0 amide bonds. The fraction of sp³-hybridized carbons (Fsp3) is 0.385. The smallest absolute Gasteiger partial charge is 0.194 e. The van der Waals surface area contributed by atoms with E-state index in [2.05, 4.69) is 66.5 Å². The van der Waals surface area contributed by atoms with Crippen LogP contribution in [0.15, 0.2) is 65.8 Å². The molecule has 3 aromatic rings. The lowest BCUT2D eigenvalue weighted by molar-refractivity contribution is 0.0792. The van der Waals surface area contributed by atoms with Gasteiger partial charge in [0.05, 0.1) is 24.5 Å². The number of hydrogen-bond acceptors (Lipinski definition) is 4. The van der Waals surface area contributed by atoms with Crippen molar-refractivity contribution in [3.8, 4) is 11.3 Å². The Morgan fingerprint density at radius 2 is 1.79 bits per heavy atom. The average molecular weight is 575 g/mol. The van der Waals surface area contributed by atoms with Crippen LogP contribution in [-0.2, 0) is 19.6 Å². The number of likely N-dealkylation sites (tertiary alicyclic amines) is 1. The molecule has 1 aromatic heterocycles. The molecule has 1 saturated heterocycles. The number of hydrogen-bond donors (Lipinski definition) is 3. The Hall–Kier alpha value is -2.43. The van der Waals surface area contributed by atoms with Crippen LogP contribution in [-0.4, -0.2) is 64.1 Å². The number of guanidine groups is 1. The van der Waals surface area contributed by atoms with Gasteiger partial charge in [-0.1, -0.05) is 54.6 Å². The largest absolute Gasteiger partial charge is 0.393 e. The maximum absolute atomic E-state index is 9.67. The highest BCUT2D eigenvalue weighted by Crippen LogP contribution is 2.17. The minimum absolute atomic E-state index is 0. The molecule has 0 radical (unpaired) electrons. The Morgan fingerprint density at radius 1 is 1.12 bits per heavy atom. The zero-order valence-electron chi connectivity index (χ0n) is 19.9. The first-order valence-electron chi connectivity index (χ1n) is 11.6. The topological polar surface area (TPSA) is 79.8 Å². The summed E-state index contributed by atoms with van der Waals surface area (Å²) in [5.74, 6) is 1.72. The summed E-state index contributed by atoms with van der Waals surface area (Å²) in [6.07, 6.45) is 3.50. The third-order valence-electron chi connectivity index (χ3n) is 6.11. The van der Waals surface area contributed by atoms with Gasteiger partial charge in [-0.05, 0) is 29.5 Å². The van der Waals surface area contributed by atoms with Crippen molar-refractivity contribution >= 4 is 29.9 Å². The number of rotatable bonds is 7. The standard InChI is InChI=1S/C26H34N6O.HI/c1-27-26(31(2)19-25-28-17-24(30-25)22-6-4-3-5-7-22)29-16-20-8-10-21(11-9-20)18-32-14-12-23(33)13-15-32;/h3-11,17,23,33H,12-16,18-19H2,1-2H3,(H,27,29)(H,28,30);1H. The van der Waals surface area contributed by atoms with Gasteiger partial charge in [-0.2, -0.15) is 0 Å². The number of aromatic amines is 1. The van der Waals surface area contributed by atoms with Crippen LogP contribution in [0, 0.1) is 0 Å². The molecule has 8 heteroatoms. The molecule has 4 rings (SSSR count). The van der Waals surface area contributed by atoms with Gasteiger partial charge in [0.2, 0.25) is 0 Å². The minimum atomic E-state index is -0.124. The maximum atomic E-state index is 9.67. The second-order valence-electron chi connectivity index (χ2n) is 8.69. The van der Waals surface area contributed by atoms with Crippen molar-refractivity contribution in [2.45, 2.75) is 38.6 Å². The van der Waals surface area contributed by atoms with E-state index in [1.165, 1.54) is 11.1 Å². The van der Waals surface area contributed by atoms with Gasteiger partial charge in [-0.3, -0.25) is 9.89 Å². The Balaban J connectivity index is 0.00000324. The number of H-pyrrole nitrogens is 1. The van der Waals surface area contributed by atoms with E-state index in [0.717, 1.165) is 55.5 Å². The Morgan fingerprint density at radius 3 is 2.47 bits per heavy atom. The number of aliphatic hydroxyl groups excluding tert-OH is 1. The first kappa shape index (κ1) is 26.2. The minimum Gasteiger partial charge on any atom is -0.393 e. The summed E-state index contributed by atoms with van der Waals surface area (Å²) in [6.45, 7) is 4.22. The van der Waals surface area contributed by atoms with Gasteiger partial charge in [0.1, 0.15) is 5.82 Å². The molecule has 0 atom stereocenters. The number of imidazole rings is 1. The van der Waals surface area contributed by atoms with Crippen LogP contribution in [0.25, 0.3) is 11.3 Å². The molecule has 182 valence electrons. The predicted octanol–water partition coefficient (Wildman–Crippen LogP) is 3.86. The monoisotopic (exact) mass is 574 g/mol. The number of aromatic nitrogens is 2. The van der Waals surface area contributed by atoms with E-state index in [-0.39, 0.29) is 30.1 Å². The number of aliphatic hydroxyl groups is 1. The lowest BCUT2D eigenvalue weighted by Crippen LogP contribution is -2.38. The molecule has 2 aromatic carbocycles. The molecule has 0 spiro atoms. The summed E-state index contributed by atoms with van der Waals surface area (Å²) in [7, 11) is 3.81. The first-order chi connectivity index (χ1) is 16.1. The molecule has 0 bridgehead atoms. The average Bonchev–Trinajstić information content (AvgIpc) is 3.31. The Kier molecular flexibility index (Phi) is 9.91. The normalized spacial score (nSPS) is 15.1. The van der Waals surface area contributed by atoms with Crippen molar-refractivity contribution < 1.29 is 5.11 Å². The number of piperidine rings is 1. The second kappa shape index (κ2) is 12.9. The van der Waals surface area contributed by atoms with Gasteiger partial charge >= 0.3 is 0 Å². The molecule has 1 aliphatic rings. The van der Waals surface area contributed by atoms with Crippen LogP contribution >= 0.6 is 24.0 Å². The maximum Gasteiger partial charge on any atom is 0.194 e. The Bertz CT molecular complexity index is 1030. The van der Waals surface area contributed by atoms with Crippen LogP contribution in [0.4, 0.5) is 0 Å². The van der Waals surface area contributed by atoms with E-state index in [9.17, 15) is 5.11 Å². The predicted molar refractivity (Wildman–Crippen MR) is 148 cm³/mol.